The molecule has 1 aliphatic heterocycles. The average Bonchev–Trinajstić information content (AvgIpc) is 2.78. The van der Waals surface area contributed by atoms with E-state index in [1.807, 2.05) is 13.1 Å². The minimum Gasteiger partial charge on any atom is -0.381 e. The van der Waals surface area contributed by atoms with Crippen LogP contribution in [0.2, 0.25) is 0 Å². The maximum absolute atomic E-state index is 13.1. The molecule has 0 aromatic heterocycles. The lowest BCUT2D eigenvalue weighted by molar-refractivity contribution is 0.181. The maximum Gasteiger partial charge on any atom is 0.123 e. The van der Waals surface area contributed by atoms with Crippen molar-refractivity contribution in [2.45, 2.75) is 18.9 Å². The fourth-order valence-corrected chi connectivity index (χ4v) is 2.25. The Kier molecular flexibility index (Phi) is 3.91. The summed E-state index contributed by atoms with van der Waals surface area (Å²) in [5.74, 6) is 0.432. The molecule has 0 saturated carbocycles. The van der Waals surface area contributed by atoms with Crippen LogP contribution in [0.5, 0.6) is 0 Å². The standard InChI is InChI=1S/C13H18FNO/c1-15-13(7-10-5-6-16-9-10)11-3-2-4-12(14)8-11/h2-4,8,10,13,15H,5-7,9H2,1H3. The van der Waals surface area contributed by atoms with Crippen molar-refractivity contribution >= 4 is 0 Å². The second-order valence-electron chi connectivity index (χ2n) is 4.36. The van der Waals surface area contributed by atoms with Gasteiger partial charge in [-0.15, -0.1) is 0 Å². The summed E-state index contributed by atoms with van der Waals surface area (Å²) in [5, 5.41) is 3.25. The Morgan fingerprint density at radius 1 is 1.56 bits per heavy atom. The van der Waals surface area contributed by atoms with Gasteiger partial charge in [0.05, 0.1) is 0 Å². The lowest BCUT2D eigenvalue weighted by Crippen LogP contribution is -2.20. The van der Waals surface area contributed by atoms with E-state index in [1.54, 1.807) is 12.1 Å². The first-order chi connectivity index (χ1) is 7.79. The van der Waals surface area contributed by atoms with Crippen molar-refractivity contribution in [1.29, 1.82) is 0 Å². The van der Waals surface area contributed by atoms with E-state index in [1.165, 1.54) is 6.07 Å². The summed E-state index contributed by atoms with van der Waals surface area (Å²) >= 11 is 0. The molecular formula is C13H18FNO. The van der Waals surface area contributed by atoms with Crippen molar-refractivity contribution in [3.8, 4) is 0 Å². The summed E-state index contributed by atoms with van der Waals surface area (Å²) in [5.41, 5.74) is 1.02. The third-order valence-electron chi connectivity index (χ3n) is 3.19. The van der Waals surface area contributed by atoms with E-state index in [4.69, 9.17) is 4.74 Å². The van der Waals surface area contributed by atoms with E-state index >= 15 is 0 Å². The molecular weight excluding hydrogens is 205 g/mol. The van der Waals surface area contributed by atoms with Crippen LogP contribution in [0.4, 0.5) is 4.39 Å². The average molecular weight is 223 g/mol. The molecule has 0 spiro atoms. The van der Waals surface area contributed by atoms with Crippen molar-refractivity contribution in [3.05, 3.63) is 35.6 Å². The van der Waals surface area contributed by atoms with Crippen LogP contribution in [-0.4, -0.2) is 20.3 Å². The van der Waals surface area contributed by atoms with E-state index in [-0.39, 0.29) is 11.9 Å². The fourth-order valence-electron chi connectivity index (χ4n) is 2.25. The number of hydrogen-bond donors (Lipinski definition) is 1. The summed E-state index contributed by atoms with van der Waals surface area (Å²) in [6, 6.07) is 7.05. The normalized spacial score (nSPS) is 22.2. The number of ether oxygens (including phenoxy) is 1. The Morgan fingerprint density at radius 2 is 2.44 bits per heavy atom. The Hall–Kier alpha value is -0.930. The molecule has 0 radical (unpaired) electrons. The highest BCUT2D eigenvalue weighted by atomic mass is 19.1. The molecule has 2 unspecified atom stereocenters. The molecule has 88 valence electrons. The minimum absolute atomic E-state index is 0.166. The van der Waals surface area contributed by atoms with Crippen molar-refractivity contribution in [2.75, 3.05) is 20.3 Å². The quantitative estimate of drug-likeness (QED) is 0.846. The van der Waals surface area contributed by atoms with Gasteiger partial charge in [0.25, 0.3) is 0 Å². The third kappa shape index (κ3) is 2.80. The summed E-state index contributed by atoms with van der Waals surface area (Å²) in [6.45, 7) is 1.71. The Bertz CT molecular complexity index is 336. The number of halogens is 1. The van der Waals surface area contributed by atoms with Gasteiger partial charge >= 0.3 is 0 Å². The molecule has 2 rings (SSSR count). The second kappa shape index (κ2) is 5.41. The topological polar surface area (TPSA) is 21.3 Å². The van der Waals surface area contributed by atoms with Crippen LogP contribution < -0.4 is 5.32 Å². The summed E-state index contributed by atoms with van der Waals surface area (Å²) < 4.78 is 18.5. The van der Waals surface area contributed by atoms with E-state index in [9.17, 15) is 4.39 Å². The van der Waals surface area contributed by atoms with E-state index < -0.39 is 0 Å². The van der Waals surface area contributed by atoms with Gasteiger partial charge in [0.1, 0.15) is 5.82 Å². The predicted octanol–water partition coefficient (Wildman–Crippen LogP) is 2.51. The fraction of sp³-hybridized carbons (Fsp3) is 0.538. The zero-order valence-corrected chi connectivity index (χ0v) is 9.58. The monoisotopic (exact) mass is 223 g/mol. The van der Waals surface area contributed by atoms with Crippen LogP contribution >= 0.6 is 0 Å². The Balaban J connectivity index is 2.03. The Morgan fingerprint density at radius 3 is 3.06 bits per heavy atom. The van der Waals surface area contributed by atoms with Crippen molar-refractivity contribution in [1.82, 2.24) is 5.32 Å². The SMILES string of the molecule is CNC(CC1CCOC1)c1cccc(F)c1. The van der Waals surface area contributed by atoms with Gasteiger partial charge in [0.15, 0.2) is 0 Å². The third-order valence-corrected chi connectivity index (χ3v) is 3.19. The number of nitrogens with one attached hydrogen (secondary N) is 1. The molecule has 3 heteroatoms. The molecule has 0 amide bonds. The summed E-state index contributed by atoms with van der Waals surface area (Å²) in [4.78, 5) is 0. The lowest BCUT2D eigenvalue weighted by atomic mass is 9.94. The van der Waals surface area contributed by atoms with Gasteiger partial charge in [-0.1, -0.05) is 12.1 Å². The van der Waals surface area contributed by atoms with Crippen LogP contribution in [0.25, 0.3) is 0 Å². The molecule has 16 heavy (non-hydrogen) atoms. The highest BCUT2D eigenvalue weighted by Gasteiger charge is 2.20. The first kappa shape index (κ1) is 11.6. The molecule has 0 aliphatic carbocycles. The number of rotatable bonds is 4. The van der Waals surface area contributed by atoms with Crippen molar-refractivity contribution in [3.63, 3.8) is 0 Å². The highest BCUT2D eigenvalue weighted by Crippen LogP contribution is 2.26. The van der Waals surface area contributed by atoms with Crippen molar-refractivity contribution in [2.24, 2.45) is 5.92 Å². The largest absolute Gasteiger partial charge is 0.381 e. The van der Waals surface area contributed by atoms with Crippen LogP contribution in [0, 0.1) is 11.7 Å². The molecule has 1 N–H and O–H groups in total. The zero-order valence-electron chi connectivity index (χ0n) is 9.58. The molecule has 0 bridgehead atoms. The van der Waals surface area contributed by atoms with Gasteiger partial charge in [0, 0.05) is 19.3 Å². The maximum atomic E-state index is 13.1. The minimum atomic E-state index is -0.166. The van der Waals surface area contributed by atoms with E-state index in [2.05, 4.69) is 5.32 Å². The Labute approximate surface area is 95.8 Å². The second-order valence-corrected chi connectivity index (χ2v) is 4.36. The molecule has 1 aromatic carbocycles. The summed E-state index contributed by atoms with van der Waals surface area (Å²) in [7, 11) is 1.92. The van der Waals surface area contributed by atoms with Gasteiger partial charge in [-0.2, -0.15) is 0 Å². The van der Waals surface area contributed by atoms with Gasteiger partial charge < -0.3 is 10.1 Å². The van der Waals surface area contributed by atoms with Gasteiger partial charge in [-0.05, 0) is 43.5 Å². The van der Waals surface area contributed by atoms with Crippen LogP contribution in [-0.2, 0) is 4.74 Å². The van der Waals surface area contributed by atoms with Crippen LogP contribution in [0.15, 0.2) is 24.3 Å². The van der Waals surface area contributed by atoms with Crippen LogP contribution in [0.3, 0.4) is 0 Å². The zero-order chi connectivity index (χ0) is 11.4. The highest BCUT2D eigenvalue weighted by molar-refractivity contribution is 5.20. The molecule has 2 nitrogen and oxygen atoms in total. The van der Waals surface area contributed by atoms with Gasteiger partial charge in [0.2, 0.25) is 0 Å². The molecule has 1 fully saturated rings. The molecule has 1 aromatic rings. The molecule has 2 atom stereocenters. The molecule has 1 saturated heterocycles. The molecule has 1 heterocycles. The predicted molar refractivity (Wildman–Crippen MR) is 61.7 cm³/mol. The number of hydrogen-bond acceptors (Lipinski definition) is 2. The summed E-state index contributed by atoms with van der Waals surface area (Å²) in [6.07, 6.45) is 2.13. The smallest absolute Gasteiger partial charge is 0.123 e. The lowest BCUT2D eigenvalue weighted by Gasteiger charge is -2.19. The van der Waals surface area contributed by atoms with E-state index in [0.717, 1.165) is 31.6 Å². The van der Waals surface area contributed by atoms with Gasteiger partial charge in [-0.25, -0.2) is 4.39 Å². The van der Waals surface area contributed by atoms with Crippen molar-refractivity contribution < 1.29 is 9.13 Å². The first-order valence-corrected chi connectivity index (χ1v) is 5.80. The van der Waals surface area contributed by atoms with E-state index in [0.29, 0.717) is 5.92 Å². The van der Waals surface area contributed by atoms with Gasteiger partial charge in [-0.3, -0.25) is 0 Å². The molecule has 1 aliphatic rings. The first-order valence-electron chi connectivity index (χ1n) is 5.80. The number of benzene rings is 1. The van der Waals surface area contributed by atoms with Crippen LogP contribution in [0.1, 0.15) is 24.4 Å².